The Hall–Kier alpha value is -0.410. The Labute approximate surface area is 90.0 Å². The van der Waals surface area contributed by atoms with E-state index in [1.165, 1.54) is 4.88 Å². The number of aromatic nitrogens is 1. The molecule has 0 radical (unpaired) electrons. The zero-order valence-corrected chi connectivity index (χ0v) is 10.4. The topological polar surface area (TPSA) is 33.1 Å². The van der Waals surface area contributed by atoms with Gasteiger partial charge in [-0.3, -0.25) is 0 Å². The van der Waals surface area contributed by atoms with E-state index >= 15 is 0 Å². The highest BCUT2D eigenvalue weighted by Gasteiger charge is 2.24. The lowest BCUT2D eigenvalue weighted by Gasteiger charge is -2.18. The van der Waals surface area contributed by atoms with Crippen LogP contribution in [0.5, 0.6) is 0 Å². The van der Waals surface area contributed by atoms with Gasteiger partial charge in [-0.2, -0.15) is 0 Å². The van der Waals surface area contributed by atoms with Crippen molar-refractivity contribution in [1.29, 1.82) is 0 Å². The molecule has 1 aromatic heterocycles. The van der Waals surface area contributed by atoms with Gasteiger partial charge in [-0.25, -0.2) is 4.98 Å². The summed E-state index contributed by atoms with van der Waals surface area (Å²) in [5.74, 6) is 0.488. The highest BCUT2D eigenvalue weighted by atomic mass is 32.1. The SMILES string of the molecule is CC(C)c1sc(CO)nc1C(C)(C)C. The number of hydrogen-bond donors (Lipinski definition) is 1. The molecule has 1 heterocycles. The van der Waals surface area contributed by atoms with Gasteiger partial charge in [0.05, 0.1) is 12.3 Å². The summed E-state index contributed by atoms with van der Waals surface area (Å²) in [4.78, 5) is 5.80. The van der Waals surface area contributed by atoms with E-state index in [1.54, 1.807) is 11.3 Å². The van der Waals surface area contributed by atoms with Crippen LogP contribution in [0.15, 0.2) is 0 Å². The van der Waals surface area contributed by atoms with Crippen LogP contribution in [0.3, 0.4) is 0 Å². The molecule has 80 valence electrons. The molecule has 0 atom stereocenters. The fourth-order valence-electron chi connectivity index (χ4n) is 1.37. The van der Waals surface area contributed by atoms with E-state index in [0.717, 1.165) is 10.7 Å². The van der Waals surface area contributed by atoms with Crippen LogP contribution < -0.4 is 0 Å². The number of rotatable bonds is 2. The maximum Gasteiger partial charge on any atom is 0.119 e. The first-order valence-electron chi connectivity index (χ1n) is 4.97. The molecule has 0 unspecified atom stereocenters. The Balaban J connectivity index is 3.19. The minimum Gasteiger partial charge on any atom is -0.389 e. The molecule has 3 heteroatoms. The Morgan fingerprint density at radius 3 is 2.21 bits per heavy atom. The van der Waals surface area contributed by atoms with Crippen molar-refractivity contribution in [3.05, 3.63) is 15.6 Å². The zero-order chi connectivity index (χ0) is 10.9. The Kier molecular flexibility index (Phi) is 3.32. The fourth-order valence-corrected chi connectivity index (χ4v) is 2.51. The van der Waals surface area contributed by atoms with Gasteiger partial charge in [0.2, 0.25) is 0 Å². The largest absolute Gasteiger partial charge is 0.389 e. The van der Waals surface area contributed by atoms with E-state index in [4.69, 9.17) is 5.11 Å². The number of hydrogen-bond acceptors (Lipinski definition) is 3. The van der Waals surface area contributed by atoms with Crippen LogP contribution >= 0.6 is 11.3 Å². The van der Waals surface area contributed by atoms with Gasteiger partial charge in [0.15, 0.2) is 0 Å². The van der Waals surface area contributed by atoms with Crippen LogP contribution in [0.1, 0.15) is 56.1 Å². The third-order valence-electron chi connectivity index (χ3n) is 2.07. The summed E-state index contributed by atoms with van der Waals surface area (Å²) in [6, 6.07) is 0. The predicted molar refractivity (Wildman–Crippen MR) is 60.8 cm³/mol. The first kappa shape index (κ1) is 11.7. The van der Waals surface area contributed by atoms with E-state index in [9.17, 15) is 0 Å². The second-order valence-corrected chi connectivity index (χ2v) is 6.00. The third-order valence-corrected chi connectivity index (χ3v) is 3.41. The number of nitrogens with zero attached hydrogens (tertiary/aromatic N) is 1. The Morgan fingerprint density at radius 2 is 1.93 bits per heavy atom. The Bertz CT molecular complexity index is 310. The summed E-state index contributed by atoms with van der Waals surface area (Å²) in [6.45, 7) is 10.9. The molecule has 0 bridgehead atoms. The van der Waals surface area contributed by atoms with E-state index in [1.807, 2.05) is 0 Å². The van der Waals surface area contributed by atoms with Gasteiger partial charge in [-0.05, 0) is 5.92 Å². The molecule has 0 fully saturated rings. The molecular formula is C11H19NOS. The van der Waals surface area contributed by atoms with Crippen LogP contribution in [0.2, 0.25) is 0 Å². The van der Waals surface area contributed by atoms with Crippen molar-refractivity contribution in [3.8, 4) is 0 Å². The highest BCUT2D eigenvalue weighted by Crippen LogP contribution is 2.34. The Morgan fingerprint density at radius 1 is 1.36 bits per heavy atom. The van der Waals surface area contributed by atoms with Gasteiger partial charge >= 0.3 is 0 Å². The molecule has 0 saturated carbocycles. The smallest absolute Gasteiger partial charge is 0.119 e. The van der Waals surface area contributed by atoms with Crippen molar-refractivity contribution in [2.45, 2.75) is 52.6 Å². The van der Waals surface area contributed by atoms with Crippen LogP contribution in [0.25, 0.3) is 0 Å². The van der Waals surface area contributed by atoms with Gasteiger partial charge in [-0.15, -0.1) is 11.3 Å². The van der Waals surface area contributed by atoms with Crippen molar-refractivity contribution >= 4 is 11.3 Å². The van der Waals surface area contributed by atoms with Crippen molar-refractivity contribution in [3.63, 3.8) is 0 Å². The lowest BCUT2D eigenvalue weighted by molar-refractivity contribution is 0.280. The molecule has 1 N–H and O–H groups in total. The van der Waals surface area contributed by atoms with Crippen LogP contribution in [-0.4, -0.2) is 10.1 Å². The maximum absolute atomic E-state index is 9.07. The summed E-state index contributed by atoms with van der Waals surface area (Å²) >= 11 is 1.63. The predicted octanol–water partition coefficient (Wildman–Crippen LogP) is 3.06. The minimum absolute atomic E-state index is 0.0560. The first-order valence-corrected chi connectivity index (χ1v) is 5.79. The summed E-state index contributed by atoms with van der Waals surface area (Å²) < 4.78 is 0. The molecule has 0 aliphatic heterocycles. The van der Waals surface area contributed by atoms with E-state index in [0.29, 0.717) is 5.92 Å². The summed E-state index contributed by atoms with van der Waals surface area (Å²) in [7, 11) is 0. The third kappa shape index (κ3) is 2.34. The first-order chi connectivity index (χ1) is 6.36. The molecule has 1 rings (SSSR count). The lowest BCUT2D eigenvalue weighted by atomic mass is 9.89. The molecular weight excluding hydrogens is 194 g/mol. The standard InChI is InChI=1S/C11H19NOS/c1-7(2)9-10(11(3,4)5)12-8(6-13)14-9/h7,13H,6H2,1-5H3. The van der Waals surface area contributed by atoms with Gasteiger partial charge in [0.1, 0.15) is 5.01 Å². The van der Waals surface area contributed by atoms with Crippen molar-refractivity contribution in [2.24, 2.45) is 0 Å². The molecule has 0 spiro atoms. The second kappa shape index (κ2) is 3.99. The average Bonchev–Trinajstić information content (AvgIpc) is 2.46. The van der Waals surface area contributed by atoms with Gasteiger partial charge in [0, 0.05) is 10.3 Å². The number of aliphatic hydroxyl groups excluding tert-OH is 1. The van der Waals surface area contributed by atoms with E-state index in [2.05, 4.69) is 39.6 Å². The highest BCUT2D eigenvalue weighted by molar-refractivity contribution is 7.11. The van der Waals surface area contributed by atoms with Crippen LogP contribution in [-0.2, 0) is 12.0 Å². The average molecular weight is 213 g/mol. The van der Waals surface area contributed by atoms with Crippen molar-refractivity contribution < 1.29 is 5.11 Å². The number of aliphatic hydroxyl groups is 1. The molecule has 0 saturated heterocycles. The zero-order valence-electron chi connectivity index (χ0n) is 9.59. The lowest BCUT2D eigenvalue weighted by Crippen LogP contribution is -2.14. The molecule has 0 aromatic carbocycles. The van der Waals surface area contributed by atoms with Gasteiger partial charge in [0.25, 0.3) is 0 Å². The fraction of sp³-hybridized carbons (Fsp3) is 0.727. The summed E-state index contributed by atoms with van der Waals surface area (Å²) in [6.07, 6.45) is 0. The molecule has 0 aliphatic rings. The van der Waals surface area contributed by atoms with E-state index < -0.39 is 0 Å². The molecule has 14 heavy (non-hydrogen) atoms. The molecule has 1 aromatic rings. The van der Waals surface area contributed by atoms with Gasteiger partial charge in [-0.1, -0.05) is 34.6 Å². The molecule has 0 aliphatic carbocycles. The molecule has 2 nitrogen and oxygen atoms in total. The van der Waals surface area contributed by atoms with Crippen molar-refractivity contribution in [2.75, 3.05) is 0 Å². The van der Waals surface area contributed by atoms with Crippen LogP contribution in [0.4, 0.5) is 0 Å². The maximum atomic E-state index is 9.07. The minimum atomic E-state index is 0.0560. The van der Waals surface area contributed by atoms with E-state index in [-0.39, 0.29) is 12.0 Å². The monoisotopic (exact) mass is 213 g/mol. The normalized spacial score (nSPS) is 12.5. The van der Waals surface area contributed by atoms with Gasteiger partial charge < -0.3 is 5.11 Å². The second-order valence-electron chi connectivity index (χ2n) is 4.88. The molecule has 0 amide bonds. The number of thiazole rings is 1. The summed E-state index contributed by atoms with van der Waals surface area (Å²) in [5.41, 5.74) is 1.21. The summed E-state index contributed by atoms with van der Waals surface area (Å²) in [5, 5.41) is 9.90. The quantitative estimate of drug-likeness (QED) is 0.819. The van der Waals surface area contributed by atoms with Crippen LogP contribution in [0, 0.1) is 0 Å². The van der Waals surface area contributed by atoms with Crippen molar-refractivity contribution in [1.82, 2.24) is 4.98 Å².